The molecule has 5 heteroatoms. The summed E-state index contributed by atoms with van der Waals surface area (Å²) in [6.45, 7) is 2.86. The van der Waals surface area contributed by atoms with Crippen LogP contribution < -0.4 is 0 Å². The van der Waals surface area contributed by atoms with Gasteiger partial charge in [0.2, 0.25) is 0 Å². The Kier molecular flexibility index (Phi) is 7.57. The molecule has 0 unspecified atom stereocenters. The van der Waals surface area contributed by atoms with Crippen molar-refractivity contribution in [3.63, 3.8) is 0 Å². The van der Waals surface area contributed by atoms with Crippen molar-refractivity contribution in [2.24, 2.45) is 0 Å². The Bertz CT molecular complexity index is 606. The van der Waals surface area contributed by atoms with Gasteiger partial charge in [0.15, 0.2) is 0 Å². The lowest BCUT2D eigenvalue weighted by Gasteiger charge is -2.16. The molecular formula is C17H17N3O2. The highest BCUT2D eigenvalue weighted by Gasteiger charge is 2.07. The van der Waals surface area contributed by atoms with Crippen LogP contribution in [0.25, 0.3) is 0 Å². The predicted octanol–water partition coefficient (Wildman–Crippen LogP) is 2.54. The van der Waals surface area contributed by atoms with Crippen molar-refractivity contribution in [3.05, 3.63) is 59.8 Å². The minimum Gasteiger partial charge on any atom is -0.459 e. The van der Waals surface area contributed by atoms with E-state index in [1.54, 1.807) is 29.3 Å². The smallest absolute Gasteiger partial charge is 0.325 e. The van der Waals surface area contributed by atoms with Gasteiger partial charge in [-0.1, -0.05) is 30.3 Å². The minimum absolute atomic E-state index is 0.0129. The molecule has 112 valence electrons. The number of nitrogens with zero attached hydrogens (tertiary/aromatic N) is 3. The Balaban J connectivity index is 2.47. The molecule has 0 spiro atoms. The molecule has 1 aromatic rings. The molecule has 0 N–H and O–H groups in total. The second-order valence-corrected chi connectivity index (χ2v) is 4.35. The fraction of sp³-hybridized carbons (Fsp3) is 0.235. The molecule has 0 saturated carbocycles. The van der Waals surface area contributed by atoms with Gasteiger partial charge in [-0.05, 0) is 30.8 Å². The summed E-state index contributed by atoms with van der Waals surface area (Å²) in [5.41, 5.74) is 0.948. The summed E-state index contributed by atoms with van der Waals surface area (Å²) in [6, 6.07) is 13.0. The summed E-state index contributed by atoms with van der Waals surface area (Å²) in [5.74, 6) is -0.333. The van der Waals surface area contributed by atoms with E-state index in [0.717, 1.165) is 5.56 Å². The quantitative estimate of drug-likeness (QED) is 0.439. The van der Waals surface area contributed by atoms with Gasteiger partial charge >= 0.3 is 5.97 Å². The number of benzene rings is 1. The fourth-order valence-corrected chi connectivity index (χ4v) is 1.58. The van der Waals surface area contributed by atoms with Crippen molar-refractivity contribution in [3.8, 4) is 12.1 Å². The van der Waals surface area contributed by atoms with Crippen LogP contribution in [0.4, 0.5) is 0 Å². The lowest BCUT2D eigenvalue weighted by atomic mass is 10.2. The minimum atomic E-state index is -0.333. The molecule has 1 aromatic carbocycles. The van der Waals surface area contributed by atoms with Gasteiger partial charge in [0.1, 0.15) is 30.9 Å². The Hall–Kier alpha value is -3.05. The molecule has 0 fully saturated rings. The molecule has 0 saturated heterocycles. The van der Waals surface area contributed by atoms with E-state index in [1.807, 2.05) is 37.3 Å². The van der Waals surface area contributed by atoms with Crippen molar-refractivity contribution in [1.29, 1.82) is 10.5 Å². The zero-order valence-electron chi connectivity index (χ0n) is 12.4. The zero-order valence-corrected chi connectivity index (χ0v) is 12.4. The topological polar surface area (TPSA) is 77.1 Å². The van der Waals surface area contributed by atoms with Crippen LogP contribution in [-0.4, -0.2) is 24.0 Å². The molecule has 0 bridgehead atoms. The third kappa shape index (κ3) is 6.40. The summed E-state index contributed by atoms with van der Waals surface area (Å²) in [6.07, 6.45) is 4.62. The molecular weight excluding hydrogens is 278 g/mol. The highest BCUT2D eigenvalue weighted by atomic mass is 16.5. The first-order valence-corrected chi connectivity index (χ1v) is 6.82. The van der Waals surface area contributed by atoms with E-state index < -0.39 is 0 Å². The van der Waals surface area contributed by atoms with Crippen LogP contribution in [-0.2, 0) is 16.1 Å². The number of hydrogen-bond acceptors (Lipinski definition) is 5. The number of carbonyl (C=O) groups is 1. The van der Waals surface area contributed by atoms with Crippen LogP contribution in [0.5, 0.6) is 0 Å². The average molecular weight is 295 g/mol. The zero-order chi connectivity index (χ0) is 16.2. The molecule has 0 aliphatic carbocycles. The van der Waals surface area contributed by atoms with Crippen molar-refractivity contribution in [2.45, 2.75) is 13.5 Å². The van der Waals surface area contributed by atoms with Crippen molar-refractivity contribution < 1.29 is 9.53 Å². The molecule has 1 rings (SSSR count). The van der Waals surface area contributed by atoms with Crippen molar-refractivity contribution in [2.75, 3.05) is 13.1 Å². The second kappa shape index (κ2) is 9.79. The van der Waals surface area contributed by atoms with Crippen LogP contribution in [0, 0.1) is 22.7 Å². The fourth-order valence-electron chi connectivity index (χ4n) is 1.58. The van der Waals surface area contributed by atoms with E-state index in [4.69, 9.17) is 15.3 Å². The molecule has 0 amide bonds. The molecule has 0 atom stereocenters. The summed E-state index contributed by atoms with van der Waals surface area (Å²) in [4.78, 5) is 13.5. The number of rotatable bonds is 7. The van der Waals surface area contributed by atoms with Gasteiger partial charge in [-0.3, -0.25) is 4.79 Å². The van der Waals surface area contributed by atoms with Gasteiger partial charge in [0.05, 0.1) is 0 Å². The summed E-state index contributed by atoms with van der Waals surface area (Å²) in [5, 5.41) is 17.2. The lowest BCUT2D eigenvalue weighted by Crippen LogP contribution is -2.26. The first kappa shape index (κ1) is 17.0. The molecule has 0 aromatic heterocycles. The molecule has 5 nitrogen and oxygen atoms in total. The number of likely N-dealkylation sites (N-methyl/N-ethyl adjacent to an activating group) is 1. The maximum absolute atomic E-state index is 11.8. The Morgan fingerprint density at radius 1 is 1.27 bits per heavy atom. The number of hydrogen-bond donors (Lipinski definition) is 0. The number of esters is 1. The van der Waals surface area contributed by atoms with E-state index in [0.29, 0.717) is 6.54 Å². The highest BCUT2D eigenvalue weighted by Crippen LogP contribution is 2.02. The van der Waals surface area contributed by atoms with E-state index in [-0.39, 0.29) is 24.7 Å². The number of nitriles is 2. The summed E-state index contributed by atoms with van der Waals surface area (Å²) < 4.78 is 5.20. The maximum Gasteiger partial charge on any atom is 0.325 e. The summed E-state index contributed by atoms with van der Waals surface area (Å²) in [7, 11) is 0. The van der Waals surface area contributed by atoms with E-state index in [1.165, 1.54) is 6.08 Å². The van der Waals surface area contributed by atoms with Gasteiger partial charge in [-0.2, -0.15) is 10.5 Å². The normalized spacial score (nSPS) is 9.59. The first-order valence-electron chi connectivity index (χ1n) is 6.82. The van der Waals surface area contributed by atoms with Gasteiger partial charge in [0.25, 0.3) is 0 Å². The van der Waals surface area contributed by atoms with E-state index in [2.05, 4.69) is 0 Å². The van der Waals surface area contributed by atoms with Crippen molar-refractivity contribution >= 4 is 5.97 Å². The van der Waals surface area contributed by atoms with Gasteiger partial charge in [0, 0.05) is 6.54 Å². The Labute approximate surface area is 130 Å². The lowest BCUT2D eigenvalue weighted by molar-refractivity contribution is -0.145. The number of carbonyl (C=O) groups excluding carboxylic acids is 1. The van der Waals surface area contributed by atoms with Gasteiger partial charge in [-0.25, -0.2) is 0 Å². The monoisotopic (exact) mass is 295 g/mol. The second-order valence-electron chi connectivity index (χ2n) is 4.35. The van der Waals surface area contributed by atoms with Crippen LogP contribution in [0.1, 0.15) is 12.5 Å². The molecule has 22 heavy (non-hydrogen) atoms. The third-order valence-corrected chi connectivity index (χ3v) is 2.78. The van der Waals surface area contributed by atoms with Gasteiger partial charge in [-0.15, -0.1) is 0 Å². The highest BCUT2D eigenvalue weighted by molar-refractivity contribution is 5.71. The first-order chi connectivity index (χ1) is 10.7. The summed E-state index contributed by atoms with van der Waals surface area (Å²) >= 11 is 0. The molecule has 0 aliphatic heterocycles. The van der Waals surface area contributed by atoms with Crippen molar-refractivity contribution in [1.82, 2.24) is 4.90 Å². The van der Waals surface area contributed by atoms with Crippen LogP contribution in [0.15, 0.2) is 54.3 Å². The standard InChI is InChI=1S/C17H17N3O2/c1-2-20(10-6-9-16(11-18)12-19)13-17(21)22-14-15-7-4-3-5-8-15/h3-10H,2,13-14H2,1H3. The van der Waals surface area contributed by atoms with E-state index >= 15 is 0 Å². The van der Waals surface area contributed by atoms with Gasteiger partial charge < -0.3 is 9.64 Å². The predicted molar refractivity (Wildman–Crippen MR) is 81.9 cm³/mol. The Morgan fingerprint density at radius 2 is 1.95 bits per heavy atom. The largest absolute Gasteiger partial charge is 0.459 e. The number of allylic oxidation sites excluding steroid dienone is 3. The molecule has 0 aliphatic rings. The molecule has 0 radical (unpaired) electrons. The van der Waals surface area contributed by atoms with E-state index in [9.17, 15) is 4.79 Å². The Morgan fingerprint density at radius 3 is 2.55 bits per heavy atom. The maximum atomic E-state index is 11.8. The third-order valence-electron chi connectivity index (χ3n) is 2.78. The SMILES string of the molecule is CCN(C=CC=C(C#N)C#N)CC(=O)OCc1ccccc1. The molecule has 0 heterocycles. The van der Waals surface area contributed by atoms with Crippen LogP contribution in [0.2, 0.25) is 0 Å². The van der Waals surface area contributed by atoms with Crippen LogP contribution in [0.3, 0.4) is 0 Å². The average Bonchev–Trinajstić information content (AvgIpc) is 2.56. The van der Waals surface area contributed by atoms with Crippen LogP contribution >= 0.6 is 0 Å². The number of ether oxygens (including phenoxy) is 1.